The Bertz CT molecular complexity index is 1160. The maximum Gasteiger partial charge on any atom is 0.321 e. The van der Waals surface area contributed by atoms with Gasteiger partial charge in [-0.3, -0.25) is 14.7 Å². The molecule has 0 aliphatic heterocycles. The summed E-state index contributed by atoms with van der Waals surface area (Å²) in [6, 6.07) is 23.0. The highest BCUT2D eigenvalue weighted by atomic mass is 32.2. The van der Waals surface area contributed by atoms with Crippen molar-refractivity contribution in [3.8, 4) is 10.7 Å². The molecule has 7 nitrogen and oxygen atoms in total. The van der Waals surface area contributed by atoms with Crippen LogP contribution in [0.15, 0.2) is 83.3 Å². The third kappa shape index (κ3) is 5.83. The van der Waals surface area contributed by atoms with E-state index in [2.05, 4.69) is 20.8 Å². The van der Waals surface area contributed by atoms with Gasteiger partial charge in [-0.15, -0.1) is 21.5 Å². The molecule has 2 heterocycles. The van der Waals surface area contributed by atoms with Gasteiger partial charge in [0.25, 0.3) is 0 Å². The van der Waals surface area contributed by atoms with E-state index in [9.17, 15) is 9.59 Å². The molecule has 32 heavy (non-hydrogen) atoms. The van der Waals surface area contributed by atoms with Crippen LogP contribution >= 0.6 is 23.1 Å². The van der Waals surface area contributed by atoms with E-state index in [-0.39, 0.29) is 5.75 Å². The molecule has 0 radical (unpaired) electrons. The zero-order chi connectivity index (χ0) is 22.2. The fourth-order valence-electron chi connectivity index (χ4n) is 3.01. The van der Waals surface area contributed by atoms with Crippen molar-refractivity contribution in [3.05, 3.63) is 89.3 Å². The number of rotatable bonds is 8. The number of thioether (sulfide) groups is 1. The van der Waals surface area contributed by atoms with E-state index >= 15 is 0 Å². The highest BCUT2D eigenvalue weighted by molar-refractivity contribution is 7.99. The monoisotopic (exact) mass is 463 g/mol. The second-order valence-corrected chi connectivity index (χ2v) is 8.75. The molecule has 0 saturated carbocycles. The van der Waals surface area contributed by atoms with E-state index < -0.39 is 11.9 Å². The number of amides is 3. The smallest absolute Gasteiger partial charge is 0.321 e. The van der Waals surface area contributed by atoms with Crippen LogP contribution < -0.4 is 10.6 Å². The molecule has 9 heteroatoms. The average molecular weight is 464 g/mol. The van der Waals surface area contributed by atoms with Gasteiger partial charge >= 0.3 is 6.03 Å². The molecule has 2 N–H and O–H groups in total. The van der Waals surface area contributed by atoms with Crippen molar-refractivity contribution in [2.24, 2.45) is 0 Å². The summed E-state index contributed by atoms with van der Waals surface area (Å²) >= 11 is 2.84. The van der Waals surface area contributed by atoms with Gasteiger partial charge in [-0.1, -0.05) is 78.5 Å². The molecular formula is C23H21N5O2S2. The topological polar surface area (TPSA) is 88.9 Å². The summed E-state index contributed by atoms with van der Waals surface area (Å²) in [5.74, 6) is 0.413. The maximum atomic E-state index is 12.3. The lowest BCUT2D eigenvalue weighted by Gasteiger charge is -2.10. The zero-order valence-electron chi connectivity index (χ0n) is 17.1. The molecule has 2 aromatic carbocycles. The molecule has 0 saturated heterocycles. The van der Waals surface area contributed by atoms with Crippen LogP contribution in [0.5, 0.6) is 0 Å². The van der Waals surface area contributed by atoms with Gasteiger partial charge in [-0.2, -0.15) is 0 Å². The van der Waals surface area contributed by atoms with E-state index in [1.807, 2.05) is 82.7 Å². The first-order chi connectivity index (χ1) is 15.7. The van der Waals surface area contributed by atoms with Crippen LogP contribution in [0, 0.1) is 0 Å². The van der Waals surface area contributed by atoms with Crippen LogP contribution in [-0.2, 0) is 17.9 Å². The van der Waals surface area contributed by atoms with Gasteiger partial charge < -0.3 is 5.32 Å². The Morgan fingerprint density at radius 2 is 1.62 bits per heavy atom. The molecule has 0 aliphatic rings. The van der Waals surface area contributed by atoms with E-state index in [1.54, 1.807) is 11.3 Å². The summed E-state index contributed by atoms with van der Waals surface area (Å²) < 4.78 is 1.99. The lowest BCUT2D eigenvalue weighted by Crippen LogP contribution is -2.40. The first kappa shape index (κ1) is 21.8. The van der Waals surface area contributed by atoms with Crippen LogP contribution in [0.4, 0.5) is 4.79 Å². The molecule has 0 unspecified atom stereocenters. The molecule has 0 aliphatic carbocycles. The number of hydrogen-bond acceptors (Lipinski definition) is 6. The van der Waals surface area contributed by atoms with E-state index in [1.165, 1.54) is 11.8 Å². The number of nitrogens with one attached hydrogen (secondary N) is 2. The number of carbonyl (C=O) groups excluding carboxylic acids is 2. The predicted octanol–water partition coefficient (Wildman–Crippen LogP) is 4.17. The zero-order valence-corrected chi connectivity index (χ0v) is 18.7. The number of aromatic nitrogens is 3. The molecule has 162 valence electrons. The number of urea groups is 1. The number of carbonyl (C=O) groups is 2. The van der Waals surface area contributed by atoms with Crippen molar-refractivity contribution in [2.45, 2.75) is 18.2 Å². The first-order valence-electron chi connectivity index (χ1n) is 9.94. The molecule has 2 aromatic heterocycles. The Hall–Kier alpha value is -3.43. The first-order valence-corrected chi connectivity index (χ1v) is 11.8. The fourth-order valence-corrected chi connectivity index (χ4v) is 4.46. The molecule has 0 fully saturated rings. The number of nitrogens with zero attached hydrogens (tertiary/aromatic N) is 3. The summed E-state index contributed by atoms with van der Waals surface area (Å²) in [6.45, 7) is 0.936. The normalized spacial score (nSPS) is 10.6. The minimum atomic E-state index is -0.524. The minimum Gasteiger partial charge on any atom is -0.334 e. The molecule has 0 atom stereocenters. The molecule has 0 spiro atoms. The second kappa shape index (κ2) is 10.7. The summed E-state index contributed by atoms with van der Waals surface area (Å²) in [7, 11) is 0. The lowest BCUT2D eigenvalue weighted by atomic mass is 10.2. The van der Waals surface area contributed by atoms with Crippen molar-refractivity contribution in [2.75, 3.05) is 5.75 Å². The maximum absolute atomic E-state index is 12.3. The average Bonchev–Trinajstić information content (AvgIpc) is 3.48. The SMILES string of the molecule is O=C(CSc1nnc(-c2cccs2)n1Cc1ccccc1)NC(=O)NCc1ccccc1. The Kier molecular flexibility index (Phi) is 7.31. The number of imide groups is 1. The summed E-state index contributed by atoms with van der Waals surface area (Å²) in [5, 5.41) is 16.3. The Morgan fingerprint density at radius 1 is 0.906 bits per heavy atom. The van der Waals surface area contributed by atoms with Gasteiger partial charge in [0.1, 0.15) is 0 Å². The van der Waals surface area contributed by atoms with Crippen LogP contribution in [0.25, 0.3) is 10.7 Å². The van der Waals surface area contributed by atoms with Crippen LogP contribution in [0.3, 0.4) is 0 Å². The standard InChI is InChI=1S/C23H21N5O2S2/c29-20(25-22(30)24-14-17-8-3-1-4-9-17)16-32-23-27-26-21(19-12-7-13-31-19)28(23)15-18-10-5-2-6-11-18/h1-13H,14-16H2,(H2,24,25,29,30). The van der Waals surface area contributed by atoms with Crippen molar-refractivity contribution in [1.29, 1.82) is 0 Å². The number of thiophene rings is 1. The Morgan fingerprint density at radius 3 is 2.31 bits per heavy atom. The quantitative estimate of drug-likeness (QED) is 0.383. The highest BCUT2D eigenvalue weighted by Crippen LogP contribution is 2.28. The van der Waals surface area contributed by atoms with Gasteiger partial charge in [-0.25, -0.2) is 4.79 Å². The summed E-state index contributed by atoms with van der Waals surface area (Å²) in [6.07, 6.45) is 0. The van der Waals surface area contributed by atoms with Crippen molar-refractivity contribution < 1.29 is 9.59 Å². The van der Waals surface area contributed by atoms with Crippen LogP contribution in [-0.4, -0.2) is 32.5 Å². The van der Waals surface area contributed by atoms with E-state index in [0.717, 1.165) is 21.8 Å². The van der Waals surface area contributed by atoms with Gasteiger partial charge in [0.2, 0.25) is 5.91 Å². The van der Waals surface area contributed by atoms with Crippen molar-refractivity contribution in [3.63, 3.8) is 0 Å². The summed E-state index contributed by atoms with van der Waals surface area (Å²) in [5.41, 5.74) is 2.07. The lowest BCUT2D eigenvalue weighted by molar-refractivity contribution is -0.117. The molecule has 4 aromatic rings. The highest BCUT2D eigenvalue weighted by Gasteiger charge is 2.17. The number of hydrogen-bond donors (Lipinski definition) is 2. The predicted molar refractivity (Wildman–Crippen MR) is 126 cm³/mol. The van der Waals surface area contributed by atoms with Crippen LogP contribution in [0.1, 0.15) is 11.1 Å². The van der Waals surface area contributed by atoms with E-state index in [0.29, 0.717) is 18.2 Å². The van der Waals surface area contributed by atoms with Gasteiger partial charge in [0, 0.05) is 6.54 Å². The molecule has 3 amide bonds. The molecule has 4 rings (SSSR count). The van der Waals surface area contributed by atoms with E-state index in [4.69, 9.17) is 0 Å². The minimum absolute atomic E-state index is 0.0517. The largest absolute Gasteiger partial charge is 0.334 e. The van der Waals surface area contributed by atoms with Gasteiger partial charge in [0.15, 0.2) is 11.0 Å². The Balaban J connectivity index is 1.38. The third-order valence-corrected chi connectivity index (χ3v) is 6.36. The molecular weight excluding hydrogens is 442 g/mol. The van der Waals surface area contributed by atoms with Gasteiger partial charge in [0.05, 0.1) is 17.2 Å². The third-order valence-electron chi connectivity index (χ3n) is 4.52. The second-order valence-electron chi connectivity index (χ2n) is 6.86. The molecule has 0 bridgehead atoms. The number of benzene rings is 2. The van der Waals surface area contributed by atoms with Gasteiger partial charge in [-0.05, 0) is 22.6 Å². The Labute approximate surface area is 193 Å². The summed E-state index contributed by atoms with van der Waals surface area (Å²) in [4.78, 5) is 25.3. The fraction of sp³-hybridized carbons (Fsp3) is 0.130. The van der Waals surface area contributed by atoms with Crippen molar-refractivity contribution >= 4 is 35.0 Å². The van der Waals surface area contributed by atoms with Crippen LogP contribution in [0.2, 0.25) is 0 Å². The van der Waals surface area contributed by atoms with Crippen molar-refractivity contribution in [1.82, 2.24) is 25.4 Å².